The number of hydrogen-bond donors (Lipinski definition) is 1. The molecule has 1 saturated carbocycles. The minimum Gasteiger partial charge on any atom is -0.300 e. The molecule has 1 aliphatic carbocycles. The zero-order valence-corrected chi connectivity index (χ0v) is 9.98. The summed E-state index contributed by atoms with van der Waals surface area (Å²) in [6.07, 6.45) is -2.57. The molecule has 0 amide bonds. The third kappa shape index (κ3) is 2.98. The van der Waals surface area contributed by atoms with Gasteiger partial charge in [-0.3, -0.25) is 5.32 Å². The van der Waals surface area contributed by atoms with Crippen LogP contribution in [-0.4, -0.2) is 12.2 Å². The molecule has 1 nitrogen and oxygen atoms in total. The van der Waals surface area contributed by atoms with Gasteiger partial charge in [0.2, 0.25) is 0 Å². The molecule has 1 aromatic carbocycles. The van der Waals surface area contributed by atoms with E-state index in [2.05, 4.69) is 21.2 Å². The number of halogens is 4. The Kier molecular flexibility index (Phi) is 3.26. The molecule has 0 aromatic heterocycles. The topological polar surface area (TPSA) is 12.0 Å². The van der Waals surface area contributed by atoms with E-state index in [1.54, 1.807) is 12.1 Å². The van der Waals surface area contributed by atoms with Crippen molar-refractivity contribution in [2.24, 2.45) is 0 Å². The van der Waals surface area contributed by atoms with Crippen LogP contribution in [0.5, 0.6) is 0 Å². The van der Waals surface area contributed by atoms with Crippen LogP contribution >= 0.6 is 15.9 Å². The molecule has 2 rings (SSSR count). The van der Waals surface area contributed by atoms with Gasteiger partial charge in [0.1, 0.15) is 6.04 Å². The lowest BCUT2D eigenvalue weighted by molar-refractivity contribution is -0.158. The van der Waals surface area contributed by atoms with Crippen molar-refractivity contribution in [3.05, 3.63) is 34.3 Å². The molecule has 0 bridgehead atoms. The van der Waals surface area contributed by atoms with Gasteiger partial charge >= 0.3 is 6.18 Å². The maximum atomic E-state index is 12.8. The predicted octanol–water partition coefficient (Wildman–Crippen LogP) is 3.80. The van der Waals surface area contributed by atoms with Crippen molar-refractivity contribution >= 4 is 15.9 Å². The summed E-state index contributed by atoms with van der Waals surface area (Å²) in [5.74, 6) is 0. The fraction of sp³-hybridized carbons (Fsp3) is 0.455. The first kappa shape index (κ1) is 11.9. The first-order valence-corrected chi connectivity index (χ1v) is 5.84. The van der Waals surface area contributed by atoms with E-state index in [9.17, 15) is 13.2 Å². The third-order valence-electron chi connectivity index (χ3n) is 2.51. The van der Waals surface area contributed by atoms with Crippen LogP contribution in [0.2, 0.25) is 0 Å². The van der Waals surface area contributed by atoms with Crippen molar-refractivity contribution in [1.82, 2.24) is 5.32 Å². The van der Waals surface area contributed by atoms with Gasteiger partial charge < -0.3 is 0 Å². The fourth-order valence-corrected chi connectivity index (χ4v) is 1.78. The summed E-state index contributed by atoms with van der Waals surface area (Å²) in [6, 6.07) is 4.73. The second-order valence-corrected chi connectivity index (χ2v) is 4.88. The summed E-state index contributed by atoms with van der Waals surface area (Å²) >= 11 is 3.21. The van der Waals surface area contributed by atoms with Gasteiger partial charge in [0.15, 0.2) is 0 Å². The summed E-state index contributed by atoms with van der Waals surface area (Å²) in [5.41, 5.74) is 0.266. The van der Waals surface area contributed by atoms with Gasteiger partial charge in [-0.15, -0.1) is 0 Å². The summed E-state index contributed by atoms with van der Waals surface area (Å²) < 4.78 is 39.2. The smallest absolute Gasteiger partial charge is 0.300 e. The van der Waals surface area contributed by atoms with Gasteiger partial charge in [-0.1, -0.05) is 28.1 Å². The highest BCUT2D eigenvalue weighted by Crippen LogP contribution is 2.36. The molecule has 0 radical (unpaired) electrons. The molecule has 5 heteroatoms. The number of nitrogens with one attached hydrogen (secondary N) is 1. The second kappa shape index (κ2) is 4.37. The minimum absolute atomic E-state index is 0.0234. The van der Waals surface area contributed by atoms with Crippen molar-refractivity contribution in [3.63, 3.8) is 0 Å². The van der Waals surface area contributed by atoms with Crippen LogP contribution in [0, 0.1) is 0 Å². The highest BCUT2D eigenvalue weighted by Gasteiger charge is 2.43. The van der Waals surface area contributed by atoms with Crippen LogP contribution in [-0.2, 0) is 0 Å². The van der Waals surface area contributed by atoms with Crippen molar-refractivity contribution in [2.75, 3.05) is 0 Å². The predicted molar refractivity (Wildman–Crippen MR) is 59.1 cm³/mol. The van der Waals surface area contributed by atoms with Crippen LogP contribution in [0.4, 0.5) is 13.2 Å². The zero-order valence-electron chi connectivity index (χ0n) is 8.39. The first-order valence-electron chi connectivity index (χ1n) is 5.05. The number of rotatable bonds is 3. The van der Waals surface area contributed by atoms with Gasteiger partial charge in [-0.05, 0) is 30.5 Å². The maximum absolute atomic E-state index is 12.8. The van der Waals surface area contributed by atoms with Crippen LogP contribution in [0.3, 0.4) is 0 Å². The number of alkyl halides is 3. The average Bonchev–Trinajstić information content (AvgIpc) is 2.98. The molecular formula is C11H11BrF3N. The standard InChI is InChI=1S/C11H11BrF3N/c12-8-3-1-7(2-4-8)10(11(13,14)15)16-9-5-6-9/h1-4,9-10,16H,5-6H2. The SMILES string of the molecule is FC(F)(F)C(NC1CC1)c1ccc(Br)cc1. The Labute approximate surface area is 100 Å². The molecule has 1 aromatic rings. The highest BCUT2D eigenvalue weighted by atomic mass is 79.9. The Hall–Kier alpha value is -0.550. The number of hydrogen-bond acceptors (Lipinski definition) is 1. The quantitative estimate of drug-likeness (QED) is 0.894. The maximum Gasteiger partial charge on any atom is 0.407 e. The average molecular weight is 294 g/mol. The molecule has 1 fully saturated rings. The largest absolute Gasteiger partial charge is 0.407 e. The Morgan fingerprint density at radius 3 is 2.19 bits per heavy atom. The van der Waals surface area contributed by atoms with Crippen LogP contribution in [0.1, 0.15) is 24.4 Å². The van der Waals surface area contributed by atoms with Crippen molar-refractivity contribution in [1.29, 1.82) is 0 Å². The normalized spacial score (nSPS) is 18.5. The van der Waals surface area contributed by atoms with E-state index in [1.807, 2.05) is 0 Å². The molecule has 0 spiro atoms. The Balaban J connectivity index is 2.19. The van der Waals surface area contributed by atoms with E-state index >= 15 is 0 Å². The van der Waals surface area contributed by atoms with Gasteiger partial charge in [0.25, 0.3) is 0 Å². The van der Waals surface area contributed by atoms with E-state index in [4.69, 9.17) is 0 Å². The lowest BCUT2D eigenvalue weighted by Crippen LogP contribution is -2.35. The second-order valence-electron chi connectivity index (χ2n) is 3.97. The third-order valence-corrected chi connectivity index (χ3v) is 3.04. The van der Waals surface area contributed by atoms with E-state index in [1.165, 1.54) is 12.1 Å². The summed E-state index contributed by atoms with van der Waals surface area (Å²) in [4.78, 5) is 0. The van der Waals surface area contributed by atoms with E-state index in [-0.39, 0.29) is 11.6 Å². The molecule has 88 valence electrons. The monoisotopic (exact) mass is 293 g/mol. The van der Waals surface area contributed by atoms with Crippen LogP contribution in [0.25, 0.3) is 0 Å². The Bertz CT molecular complexity index is 356. The Morgan fingerprint density at radius 2 is 1.75 bits per heavy atom. The molecule has 1 atom stereocenters. The highest BCUT2D eigenvalue weighted by molar-refractivity contribution is 9.10. The van der Waals surface area contributed by atoms with Crippen molar-refractivity contribution in [2.45, 2.75) is 31.1 Å². The molecule has 16 heavy (non-hydrogen) atoms. The Morgan fingerprint density at radius 1 is 1.19 bits per heavy atom. The number of benzene rings is 1. The molecule has 0 heterocycles. The summed E-state index contributed by atoms with van der Waals surface area (Å²) in [6.45, 7) is 0. The van der Waals surface area contributed by atoms with Gasteiger partial charge in [0.05, 0.1) is 0 Å². The first-order chi connectivity index (χ1) is 7.47. The van der Waals surface area contributed by atoms with E-state index < -0.39 is 12.2 Å². The molecular weight excluding hydrogens is 283 g/mol. The van der Waals surface area contributed by atoms with Crippen LogP contribution in [0.15, 0.2) is 28.7 Å². The van der Waals surface area contributed by atoms with Gasteiger partial charge in [-0.25, -0.2) is 0 Å². The van der Waals surface area contributed by atoms with Crippen molar-refractivity contribution < 1.29 is 13.2 Å². The van der Waals surface area contributed by atoms with E-state index in [0.717, 1.165) is 17.3 Å². The fourth-order valence-electron chi connectivity index (χ4n) is 1.52. The molecule has 1 aliphatic rings. The minimum atomic E-state index is -4.24. The zero-order chi connectivity index (χ0) is 11.8. The summed E-state index contributed by atoms with van der Waals surface area (Å²) in [5, 5.41) is 2.63. The molecule has 1 N–H and O–H groups in total. The molecule has 0 aliphatic heterocycles. The van der Waals surface area contributed by atoms with Gasteiger partial charge in [0, 0.05) is 10.5 Å². The summed E-state index contributed by atoms with van der Waals surface area (Å²) in [7, 11) is 0. The van der Waals surface area contributed by atoms with Gasteiger partial charge in [-0.2, -0.15) is 13.2 Å². The molecule has 0 saturated heterocycles. The lowest BCUT2D eigenvalue weighted by atomic mass is 10.1. The molecule has 1 unspecified atom stereocenters. The van der Waals surface area contributed by atoms with Crippen LogP contribution < -0.4 is 5.32 Å². The van der Waals surface area contributed by atoms with E-state index in [0.29, 0.717) is 0 Å². The van der Waals surface area contributed by atoms with Crippen molar-refractivity contribution in [3.8, 4) is 0 Å². The lowest BCUT2D eigenvalue weighted by Gasteiger charge is -2.22.